The fourth-order valence-electron chi connectivity index (χ4n) is 4.71. The van der Waals surface area contributed by atoms with Crippen molar-refractivity contribution in [1.82, 2.24) is 29.7 Å². The zero-order valence-electron chi connectivity index (χ0n) is 16.5. The number of piperidine rings is 1. The summed E-state index contributed by atoms with van der Waals surface area (Å²) in [6, 6.07) is 9.63. The lowest BCUT2D eigenvalue weighted by Crippen LogP contribution is -2.68. The van der Waals surface area contributed by atoms with E-state index < -0.39 is 0 Å². The number of fused-ring (bicyclic) bond motifs is 3. The van der Waals surface area contributed by atoms with Gasteiger partial charge in [-0.1, -0.05) is 0 Å². The highest BCUT2D eigenvalue weighted by atomic mass is 15.3. The van der Waals surface area contributed by atoms with Crippen LogP contribution in [0.1, 0.15) is 12.0 Å². The van der Waals surface area contributed by atoms with E-state index in [0.29, 0.717) is 17.6 Å². The van der Waals surface area contributed by atoms with Crippen LogP contribution >= 0.6 is 0 Å². The summed E-state index contributed by atoms with van der Waals surface area (Å²) in [5, 5.41) is 21.7. The number of nitrogens with one attached hydrogen (secondary N) is 1. The van der Waals surface area contributed by atoms with Gasteiger partial charge in [0.15, 0.2) is 0 Å². The largest absolute Gasteiger partial charge is 0.348 e. The Kier molecular flexibility index (Phi) is 3.67. The molecule has 8 heteroatoms. The lowest BCUT2D eigenvalue weighted by atomic mass is 9.89. The monoisotopic (exact) mass is 396 g/mol. The van der Waals surface area contributed by atoms with Gasteiger partial charge in [-0.05, 0) is 24.6 Å². The number of hydrogen-bond donors (Lipinski definition) is 1. The van der Waals surface area contributed by atoms with Crippen LogP contribution in [0.15, 0.2) is 49.2 Å². The molecular formula is C22H20N8. The van der Waals surface area contributed by atoms with Crippen molar-refractivity contribution in [3.8, 4) is 28.3 Å². The number of aryl methyl sites for hydroxylation is 1. The Balaban J connectivity index is 1.46. The van der Waals surface area contributed by atoms with Crippen molar-refractivity contribution in [2.75, 3.05) is 18.0 Å². The molecule has 2 bridgehead atoms. The third kappa shape index (κ3) is 2.52. The van der Waals surface area contributed by atoms with Crippen LogP contribution in [-0.4, -0.2) is 49.6 Å². The Morgan fingerprint density at radius 3 is 2.57 bits per heavy atom. The summed E-state index contributed by atoms with van der Waals surface area (Å²) in [7, 11) is 1.90. The van der Waals surface area contributed by atoms with Crippen LogP contribution in [0.2, 0.25) is 0 Å². The molecule has 0 radical (unpaired) electrons. The normalized spacial score (nSPS) is 20.2. The predicted molar refractivity (Wildman–Crippen MR) is 113 cm³/mol. The Morgan fingerprint density at radius 2 is 1.90 bits per heavy atom. The van der Waals surface area contributed by atoms with Crippen LogP contribution < -0.4 is 10.2 Å². The van der Waals surface area contributed by atoms with E-state index in [2.05, 4.69) is 44.7 Å². The van der Waals surface area contributed by atoms with Gasteiger partial charge in [0.25, 0.3) is 0 Å². The van der Waals surface area contributed by atoms with Gasteiger partial charge in [0.05, 0.1) is 23.5 Å². The van der Waals surface area contributed by atoms with Crippen LogP contribution in [0, 0.1) is 11.3 Å². The highest BCUT2D eigenvalue weighted by Crippen LogP contribution is 2.35. The number of rotatable bonds is 3. The second kappa shape index (κ2) is 6.40. The lowest BCUT2D eigenvalue weighted by Gasteiger charge is -2.53. The summed E-state index contributed by atoms with van der Waals surface area (Å²) >= 11 is 0. The fourth-order valence-corrected chi connectivity index (χ4v) is 4.71. The van der Waals surface area contributed by atoms with Gasteiger partial charge in [-0.3, -0.25) is 4.68 Å². The molecule has 0 spiro atoms. The number of pyridine rings is 2. The van der Waals surface area contributed by atoms with Gasteiger partial charge in [0, 0.05) is 73.1 Å². The fraction of sp³-hybridized carbons (Fsp3) is 0.273. The first-order chi connectivity index (χ1) is 14.7. The number of nitrogens with zero attached hydrogens (tertiary/aromatic N) is 7. The molecule has 2 saturated heterocycles. The van der Waals surface area contributed by atoms with Crippen LogP contribution in [0.3, 0.4) is 0 Å². The molecule has 0 aromatic carbocycles. The third-order valence-corrected chi connectivity index (χ3v) is 6.18. The van der Waals surface area contributed by atoms with Crippen molar-refractivity contribution in [3.63, 3.8) is 0 Å². The second-order valence-electron chi connectivity index (χ2n) is 8.02. The summed E-state index contributed by atoms with van der Waals surface area (Å²) < 4.78 is 3.55. The molecule has 1 N–H and O–H groups in total. The maximum Gasteiger partial charge on any atom is 0.129 e. The first-order valence-corrected chi connectivity index (χ1v) is 10.1. The topological polar surface area (TPSA) is 87.1 Å². The van der Waals surface area contributed by atoms with E-state index in [4.69, 9.17) is 4.98 Å². The zero-order valence-corrected chi connectivity index (χ0v) is 16.5. The van der Waals surface area contributed by atoms with Crippen LogP contribution in [-0.2, 0) is 7.05 Å². The van der Waals surface area contributed by atoms with Gasteiger partial charge in [-0.25, -0.2) is 9.50 Å². The molecule has 4 aromatic heterocycles. The van der Waals surface area contributed by atoms with Crippen molar-refractivity contribution in [3.05, 3.63) is 54.7 Å². The van der Waals surface area contributed by atoms with E-state index >= 15 is 0 Å². The molecule has 0 aliphatic carbocycles. The van der Waals surface area contributed by atoms with E-state index in [1.165, 1.54) is 6.42 Å². The van der Waals surface area contributed by atoms with Crippen LogP contribution in [0.5, 0.6) is 0 Å². The quantitative estimate of drug-likeness (QED) is 0.571. The minimum Gasteiger partial charge on any atom is -0.348 e. The maximum atomic E-state index is 9.59. The molecule has 2 aliphatic heterocycles. The maximum absolute atomic E-state index is 9.59. The summed E-state index contributed by atoms with van der Waals surface area (Å²) in [4.78, 5) is 7.20. The van der Waals surface area contributed by atoms with Gasteiger partial charge in [-0.15, -0.1) is 0 Å². The van der Waals surface area contributed by atoms with Crippen molar-refractivity contribution < 1.29 is 0 Å². The van der Waals surface area contributed by atoms with Crippen molar-refractivity contribution in [1.29, 1.82) is 5.26 Å². The summed E-state index contributed by atoms with van der Waals surface area (Å²) in [6.07, 6.45) is 10.5. The zero-order chi connectivity index (χ0) is 20.2. The molecule has 0 amide bonds. The van der Waals surface area contributed by atoms with E-state index in [0.717, 1.165) is 46.7 Å². The van der Waals surface area contributed by atoms with E-state index in [1.807, 2.05) is 31.8 Å². The number of nitriles is 1. The molecule has 6 rings (SSSR count). The molecule has 2 atom stereocenters. The number of anilines is 1. The molecule has 148 valence electrons. The molecule has 2 aliphatic rings. The number of piperazine rings is 1. The van der Waals surface area contributed by atoms with Gasteiger partial charge in [0.1, 0.15) is 11.9 Å². The summed E-state index contributed by atoms with van der Waals surface area (Å²) in [5.74, 6) is 1.02. The first kappa shape index (κ1) is 17.2. The average Bonchev–Trinajstić information content (AvgIpc) is 3.40. The molecular weight excluding hydrogens is 376 g/mol. The van der Waals surface area contributed by atoms with Gasteiger partial charge in [0.2, 0.25) is 0 Å². The standard InChI is InChI=1S/C22H20N8/c1-28-12-17(9-26-28)15-4-20(22-16(6-23)8-27-29(22)13-15)14-2-3-21(25-7-14)30-18-5-19(30)11-24-10-18/h2-4,7-9,12-13,18-19,24H,5,10-11H2,1H3. The van der Waals surface area contributed by atoms with Gasteiger partial charge >= 0.3 is 0 Å². The van der Waals surface area contributed by atoms with Gasteiger partial charge in [-0.2, -0.15) is 15.5 Å². The molecule has 2 unspecified atom stereocenters. The van der Waals surface area contributed by atoms with Crippen molar-refractivity contribution in [2.24, 2.45) is 7.05 Å². The summed E-state index contributed by atoms with van der Waals surface area (Å²) in [5.41, 5.74) is 5.25. The molecule has 6 heterocycles. The van der Waals surface area contributed by atoms with Crippen molar-refractivity contribution >= 4 is 11.3 Å². The molecule has 0 saturated carbocycles. The minimum absolute atomic E-state index is 0.544. The molecule has 4 aromatic rings. The smallest absolute Gasteiger partial charge is 0.129 e. The van der Waals surface area contributed by atoms with E-state index in [1.54, 1.807) is 15.4 Å². The Labute approximate surface area is 173 Å². The van der Waals surface area contributed by atoms with Crippen molar-refractivity contribution in [2.45, 2.75) is 18.5 Å². The average molecular weight is 396 g/mol. The minimum atomic E-state index is 0.544. The van der Waals surface area contributed by atoms with Crippen LogP contribution in [0.25, 0.3) is 27.8 Å². The Bertz CT molecular complexity index is 1280. The SMILES string of the molecule is Cn1cc(-c2cc(-c3ccc(N4C5CNCC4C5)nc3)c3c(C#N)cnn3c2)cn1. The predicted octanol–water partition coefficient (Wildman–Crippen LogP) is 2.22. The first-order valence-electron chi connectivity index (χ1n) is 10.1. The highest BCUT2D eigenvalue weighted by molar-refractivity contribution is 5.87. The number of hydrogen-bond acceptors (Lipinski definition) is 6. The van der Waals surface area contributed by atoms with E-state index in [9.17, 15) is 5.26 Å². The van der Waals surface area contributed by atoms with E-state index in [-0.39, 0.29) is 0 Å². The molecule has 30 heavy (non-hydrogen) atoms. The lowest BCUT2D eigenvalue weighted by molar-refractivity contribution is 0.260. The Hall–Kier alpha value is -3.70. The second-order valence-corrected chi connectivity index (χ2v) is 8.02. The van der Waals surface area contributed by atoms with Crippen LogP contribution in [0.4, 0.5) is 5.82 Å². The molecule has 2 fully saturated rings. The van der Waals surface area contributed by atoms with Gasteiger partial charge < -0.3 is 10.2 Å². The highest BCUT2D eigenvalue weighted by Gasteiger charge is 2.41. The Morgan fingerprint density at radius 1 is 1.03 bits per heavy atom. The summed E-state index contributed by atoms with van der Waals surface area (Å²) in [6.45, 7) is 2.05. The third-order valence-electron chi connectivity index (χ3n) is 6.18. The number of aromatic nitrogens is 5. The molecule has 8 nitrogen and oxygen atoms in total.